The molecule has 0 nitrogen and oxygen atoms in total. The molecule has 0 N–H and O–H groups in total. The van der Waals surface area contributed by atoms with Crippen molar-refractivity contribution < 1.29 is 0 Å². The minimum Gasteiger partial charge on any atom is -0.154 e. The van der Waals surface area contributed by atoms with Crippen molar-refractivity contribution in [2.75, 3.05) is 0 Å². The molecule has 0 bridgehead atoms. The number of rotatable bonds is 3. The van der Waals surface area contributed by atoms with Crippen molar-refractivity contribution in [3.8, 4) is 0 Å². The summed E-state index contributed by atoms with van der Waals surface area (Å²) < 4.78 is 0. The first kappa shape index (κ1) is 11.3. The predicted octanol–water partition coefficient (Wildman–Crippen LogP) is 4.91. The Bertz CT molecular complexity index is 288. The van der Waals surface area contributed by atoms with Gasteiger partial charge in [0.05, 0.1) is 0 Å². The summed E-state index contributed by atoms with van der Waals surface area (Å²) in [6, 6.07) is 8.24. The molecule has 0 amide bonds. The summed E-state index contributed by atoms with van der Waals surface area (Å²) in [7, 11) is 0. The van der Waals surface area contributed by atoms with Gasteiger partial charge in [0.25, 0.3) is 0 Å². The van der Waals surface area contributed by atoms with Gasteiger partial charge in [-0.1, -0.05) is 43.0 Å². The highest BCUT2D eigenvalue weighted by Crippen LogP contribution is 2.30. The lowest BCUT2D eigenvalue weighted by molar-refractivity contribution is 0.516. The molecule has 1 fully saturated rings. The molecule has 1 aliphatic carbocycles. The Morgan fingerprint density at radius 2 is 1.73 bits per heavy atom. The highest BCUT2D eigenvalue weighted by atomic mass is 35.5. The molecule has 0 atom stereocenters. The molecule has 0 aromatic heterocycles. The third kappa shape index (κ3) is 3.73. The van der Waals surface area contributed by atoms with Gasteiger partial charge in [0, 0.05) is 16.0 Å². The van der Waals surface area contributed by atoms with E-state index in [1.165, 1.54) is 37.7 Å². The lowest BCUT2D eigenvalue weighted by Gasteiger charge is -2.20. The lowest BCUT2D eigenvalue weighted by atomic mass is 10.0. The third-order valence-electron chi connectivity index (χ3n) is 2.95. The van der Waals surface area contributed by atoms with Crippen LogP contribution in [-0.4, -0.2) is 5.25 Å². The monoisotopic (exact) mass is 240 g/mol. The molecule has 2 rings (SSSR count). The molecule has 1 aromatic carbocycles. The number of halogens is 1. The van der Waals surface area contributed by atoms with E-state index in [-0.39, 0.29) is 0 Å². The smallest absolute Gasteiger partial charge is 0.0406 e. The van der Waals surface area contributed by atoms with Crippen LogP contribution in [0.1, 0.15) is 37.7 Å². The van der Waals surface area contributed by atoms with Crippen LogP contribution in [0.25, 0.3) is 0 Å². The molecule has 0 heterocycles. The molecule has 15 heavy (non-hydrogen) atoms. The summed E-state index contributed by atoms with van der Waals surface area (Å²) in [5.41, 5.74) is 1.40. The van der Waals surface area contributed by atoms with Crippen molar-refractivity contribution in [2.24, 2.45) is 0 Å². The minimum atomic E-state index is 0.835. The summed E-state index contributed by atoms with van der Waals surface area (Å²) in [5, 5.41) is 1.73. The van der Waals surface area contributed by atoms with Crippen LogP contribution in [0.5, 0.6) is 0 Å². The molecule has 0 saturated heterocycles. The zero-order chi connectivity index (χ0) is 10.5. The van der Waals surface area contributed by atoms with Crippen molar-refractivity contribution in [1.29, 1.82) is 0 Å². The second-order valence-electron chi connectivity index (χ2n) is 4.20. The molecule has 0 radical (unpaired) electrons. The van der Waals surface area contributed by atoms with Crippen LogP contribution in [0, 0.1) is 0 Å². The van der Waals surface area contributed by atoms with Crippen LogP contribution in [0.3, 0.4) is 0 Å². The van der Waals surface area contributed by atoms with Crippen molar-refractivity contribution >= 4 is 23.4 Å². The van der Waals surface area contributed by atoms with Crippen LogP contribution in [0.2, 0.25) is 5.02 Å². The summed E-state index contributed by atoms with van der Waals surface area (Å²) >= 11 is 7.97. The summed E-state index contributed by atoms with van der Waals surface area (Å²) in [5.74, 6) is 1.14. The Kier molecular flexibility index (Phi) is 4.40. The first-order chi connectivity index (χ1) is 7.34. The molecule has 0 spiro atoms. The molecular weight excluding hydrogens is 224 g/mol. The zero-order valence-corrected chi connectivity index (χ0v) is 10.5. The van der Waals surface area contributed by atoms with E-state index < -0.39 is 0 Å². The summed E-state index contributed by atoms with van der Waals surface area (Å²) in [6.45, 7) is 0. The molecule has 2 heteroatoms. The maximum atomic E-state index is 5.85. The fraction of sp³-hybridized carbons (Fsp3) is 0.538. The maximum Gasteiger partial charge on any atom is 0.0406 e. The molecular formula is C13H17ClS. The van der Waals surface area contributed by atoms with Crippen LogP contribution < -0.4 is 0 Å². The number of benzene rings is 1. The van der Waals surface area contributed by atoms with Gasteiger partial charge in [0.2, 0.25) is 0 Å². The minimum absolute atomic E-state index is 0.835. The van der Waals surface area contributed by atoms with E-state index >= 15 is 0 Å². The van der Waals surface area contributed by atoms with Gasteiger partial charge in [-0.3, -0.25) is 0 Å². The van der Waals surface area contributed by atoms with Gasteiger partial charge in [-0.15, -0.1) is 0 Å². The van der Waals surface area contributed by atoms with Gasteiger partial charge in [0.1, 0.15) is 0 Å². The van der Waals surface area contributed by atoms with Gasteiger partial charge < -0.3 is 0 Å². The largest absolute Gasteiger partial charge is 0.154 e. The molecule has 0 aliphatic heterocycles. The van der Waals surface area contributed by atoms with Gasteiger partial charge >= 0.3 is 0 Å². The second-order valence-corrected chi connectivity index (χ2v) is 5.92. The van der Waals surface area contributed by atoms with Crippen molar-refractivity contribution in [3.05, 3.63) is 34.9 Å². The number of thioether (sulfide) groups is 1. The predicted molar refractivity (Wildman–Crippen MR) is 69.6 cm³/mol. The third-order valence-corrected chi connectivity index (χ3v) is 4.65. The first-order valence-electron chi connectivity index (χ1n) is 5.70. The average Bonchev–Trinajstić information content (AvgIpc) is 2.30. The van der Waals surface area contributed by atoms with Crippen molar-refractivity contribution in [1.82, 2.24) is 0 Å². The van der Waals surface area contributed by atoms with Gasteiger partial charge in [0.15, 0.2) is 0 Å². The van der Waals surface area contributed by atoms with Gasteiger partial charge in [-0.25, -0.2) is 0 Å². The van der Waals surface area contributed by atoms with Crippen LogP contribution in [-0.2, 0) is 5.75 Å². The summed E-state index contributed by atoms with van der Waals surface area (Å²) in [6.07, 6.45) is 7.13. The van der Waals surface area contributed by atoms with Crippen molar-refractivity contribution in [2.45, 2.75) is 43.1 Å². The van der Waals surface area contributed by atoms with E-state index in [9.17, 15) is 0 Å². The quantitative estimate of drug-likeness (QED) is 0.724. The van der Waals surface area contributed by atoms with Gasteiger partial charge in [-0.2, -0.15) is 11.8 Å². The summed E-state index contributed by atoms with van der Waals surface area (Å²) in [4.78, 5) is 0. The molecule has 82 valence electrons. The Morgan fingerprint density at radius 3 is 2.40 bits per heavy atom. The number of hydrogen-bond acceptors (Lipinski definition) is 1. The Morgan fingerprint density at radius 1 is 1.07 bits per heavy atom. The SMILES string of the molecule is Clc1ccc(CSC2CCCCC2)cc1. The molecule has 1 aromatic rings. The van der Waals surface area contributed by atoms with E-state index in [0.29, 0.717) is 0 Å². The normalized spacial score (nSPS) is 17.9. The standard InChI is InChI=1S/C13H17ClS/c14-12-8-6-11(7-9-12)10-15-13-4-2-1-3-5-13/h6-9,13H,1-5,10H2. The first-order valence-corrected chi connectivity index (χ1v) is 7.13. The fourth-order valence-electron chi connectivity index (χ4n) is 2.03. The molecule has 0 unspecified atom stereocenters. The average molecular weight is 241 g/mol. The Labute approximate surface area is 101 Å². The number of hydrogen-bond donors (Lipinski definition) is 0. The van der Waals surface area contributed by atoms with Crippen LogP contribution in [0.4, 0.5) is 0 Å². The van der Waals surface area contributed by atoms with E-state index in [1.54, 1.807) is 0 Å². The van der Waals surface area contributed by atoms with E-state index in [2.05, 4.69) is 23.9 Å². The van der Waals surface area contributed by atoms with E-state index in [4.69, 9.17) is 11.6 Å². The highest BCUT2D eigenvalue weighted by Gasteiger charge is 2.13. The maximum absolute atomic E-state index is 5.85. The van der Waals surface area contributed by atoms with Crippen LogP contribution >= 0.6 is 23.4 Å². The van der Waals surface area contributed by atoms with E-state index in [0.717, 1.165) is 16.0 Å². The van der Waals surface area contributed by atoms with Crippen molar-refractivity contribution in [3.63, 3.8) is 0 Å². The molecule has 1 saturated carbocycles. The topological polar surface area (TPSA) is 0 Å². The molecule has 1 aliphatic rings. The fourth-order valence-corrected chi connectivity index (χ4v) is 3.44. The second kappa shape index (κ2) is 5.81. The lowest BCUT2D eigenvalue weighted by Crippen LogP contribution is -2.08. The van der Waals surface area contributed by atoms with E-state index in [1.807, 2.05) is 12.1 Å². The Balaban J connectivity index is 1.79. The van der Waals surface area contributed by atoms with Gasteiger partial charge in [-0.05, 0) is 30.5 Å². The Hall–Kier alpha value is -0.140. The highest BCUT2D eigenvalue weighted by molar-refractivity contribution is 7.99. The zero-order valence-electron chi connectivity index (χ0n) is 8.92. The van der Waals surface area contributed by atoms with Crippen LogP contribution in [0.15, 0.2) is 24.3 Å².